The molecule has 0 radical (unpaired) electrons. The first-order chi connectivity index (χ1) is 12.4. The maximum atomic E-state index is 10.8. The zero-order valence-electron chi connectivity index (χ0n) is 14.1. The van der Waals surface area contributed by atoms with Crippen LogP contribution in [0.2, 0.25) is 10.0 Å². The van der Waals surface area contributed by atoms with E-state index in [1.165, 1.54) is 0 Å². The second-order valence-electron chi connectivity index (χ2n) is 5.90. The van der Waals surface area contributed by atoms with Gasteiger partial charge in [0.2, 0.25) is 0 Å². The standard InChI is InChI=1S/C18H16Cl2N4O2/c1-24(2)17-11(9-23-18(25)26)8-22-15-14(3-4-21-16(15)17)10-5-12(19)7-13(20)6-10/h3-8,23H,9H2,1-2H3,(H,25,26). The molecule has 0 saturated carbocycles. The SMILES string of the molecule is CN(C)c1c(CNC(=O)O)cnc2c(-c3cc(Cl)cc(Cl)c3)ccnc12. The maximum Gasteiger partial charge on any atom is 0.404 e. The number of halogens is 2. The van der Waals surface area contributed by atoms with Crippen molar-refractivity contribution < 1.29 is 9.90 Å². The number of rotatable bonds is 4. The van der Waals surface area contributed by atoms with Crippen molar-refractivity contribution >= 4 is 46.0 Å². The van der Waals surface area contributed by atoms with E-state index in [1.54, 1.807) is 18.5 Å². The summed E-state index contributed by atoms with van der Waals surface area (Å²) in [4.78, 5) is 21.7. The van der Waals surface area contributed by atoms with Crippen molar-refractivity contribution in [1.29, 1.82) is 0 Å². The van der Waals surface area contributed by atoms with Gasteiger partial charge in [-0.25, -0.2) is 4.79 Å². The molecule has 2 N–H and O–H groups in total. The summed E-state index contributed by atoms with van der Waals surface area (Å²) >= 11 is 12.3. The minimum Gasteiger partial charge on any atom is -0.465 e. The minimum absolute atomic E-state index is 0.140. The molecule has 2 aromatic heterocycles. The predicted molar refractivity (Wildman–Crippen MR) is 104 cm³/mol. The zero-order valence-corrected chi connectivity index (χ0v) is 15.6. The third-order valence-electron chi connectivity index (χ3n) is 3.85. The lowest BCUT2D eigenvalue weighted by atomic mass is 10.0. The van der Waals surface area contributed by atoms with Gasteiger partial charge >= 0.3 is 6.09 Å². The lowest BCUT2D eigenvalue weighted by Crippen LogP contribution is -2.22. The number of pyridine rings is 2. The molecule has 0 saturated heterocycles. The molecule has 0 aliphatic heterocycles. The average Bonchev–Trinajstić information content (AvgIpc) is 2.57. The van der Waals surface area contributed by atoms with Crippen LogP contribution in [0.4, 0.5) is 10.5 Å². The van der Waals surface area contributed by atoms with Crippen LogP contribution in [0.1, 0.15) is 5.56 Å². The molecule has 134 valence electrons. The maximum absolute atomic E-state index is 10.8. The summed E-state index contributed by atoms with van der Waals surface area (Å²) in [7, 11) is 3.76. The van der Waals surface area contributed by atoms with E-state index in [0.717, 1.165) is 22.4 Å². The van der Waals surface area contributed by atoms with Crippen molar-refractivity contribution in [2.24, 2.45) is 0 Å². The molecule has 6 nitrogen and oxygen atoms in total. The number of anilines is 1. The molecule has 0 aliphatic carbocycles. The van der Waals surface area contributed by atoms with Crippen molar-refractivity contribution in [2.75, 3.05) is 19.0 Å². The summed E-state index contributed by atoms with van der Waals surface area (Å²) in [5, 5.41) is 12.3. The van der Waals surface area contributed by atoms with Crippen LogP contribution in [0, 0.1) is 0 Å². The number of carboxylic acid groups (broad SMARTS) is 1. The number of benzene rings is 1. The van der Waals surface area contributed by atoms with Crippen LogP contribution >= 0.6 is 23.2 Å². The van der Waals surface area contributed by atoms with Crippen LogP contribution in [-0.4, -0.2) is 35.3 Å². The van der Waals surface area contributed by atoms with E-state index in [4.69, 9.17) is 28.3 Å². The van der Waals surface area contributed by atoms with Crippen LogP contribution < -0.4 is 10.2 Å². The van der Waals surface area contributed by atoms with Crippen molar-refractivity contribution in [3.63, 3.8) is 0 Å². The number of aromatic nitrogens is 2. The number of nitrogens with zero attached hydrogens (tertiary/aromatic N) is 3. The highest BCUT2D eigenvalue weighted by atomic mass is 35.5. The fourth-order valence-electron chi connectivity index (χ4n) is 2.86. The van der Waals surface area contributed by atoms with Gasteiger partial charge in [-0.15, -0.1) is 0 Å². The van der Waals surface area contributed by atoms with Gasteiger partial charge in [0.25, 0.3) is 0 Å². The smallest absolute Gasteiger partial charge is 0.404 e. The molecule has 0 unspecified atom stereocenters. The van der Waals surface area contributed by atoms with Crippen LogP contribution in [-0.2, 0) is 6.54 Å². The Kier molecular flexibility index (Phi) is 5.15. The van der Waals surface area contributed by atoms with Gasteiger partial charge in [0.15, 0.2) is 0 Å². The van der Waals surface area contributed by atoms with Gasteiger partial charge in [-0.1, -0.05) is 23.2 Å². The van der Waals surface area contributed by atoms with Crippen molar-refractivity contribution in [3.8, 4) is 11.1 Å². The lowest BCUT2D eigenvalue weighted by Gasteiger charge is -2.20. The summed E-state index contributed by atoms with van der Waals surface area (Å²) < 4.78 is 0. The Balaban J connectivity index is 2.22. The Hall–Kier alpha value is -2.57. The van der Waals surface area contributed by atoms with Gasteiger partial charge in [0, 0.05) is 54.2 Å². The third-order valence-corrected chi connectivity index (χ3v) is 4.29. The second-order valence-corrected chi connectivity index (χ2v) is 6.77. The first-order valence-electron chi connectivity index (χ1n) is 7.74. The Labute approximate surface area is 160 Å². The van der Waals surface area contributed by atoms with Crippen LogP contribution in [0.3, 0.4) is 0 Å². The minimum atomic E-state index is -1.09. The van der Waals surface area contributed by atoms with Crippen molar-refractivity contribution in [3.05, 3.63) is 52.3 Å². The summed E-state index contributed by atoms with van der Waals surface area (Å²) in [6.45, 7) is 0.140. The zero-order chi connectivity index (χ0) is 18.8. The number of fused-ring (bicyclic) bond motifs is 1. The topological polar surface area (TPSA) is 78.4 Å². The quantitative estimate of drug-likeness (QED) is 0.688. The molecule has 0 aliphatic rings. The molecule has 0 bridgehead atoms. The molecular weight excluding hydrogens is 375 g/mol. The molecule has 8 heteroatoms. The van der Waals surface area contributed by atoms with E-state index in [1.807, 2.05) is 37.2 Å². The molecule has 0 atom stereocenters. The molecule has 26 heavy (non-hydrogen) atoms. The summed E-state index contributed by atoms with van der Waals surface area (Å²) in [6, 6.07) is 7.16. The highest BCUT2D eigenvalue weighted by Gasteiger charge is 2.16. The monoisotopic (exact) mass is 390 g/mol. The number of amides is 1. The molecule has 3 aromatic rings. The Morgan fingerprint density at radius 2 is 1.85 bits per heavy atom. The van der Waals surface area contributed by atoms with Gasteiger partial charge in [0.1, 0.15) is 5.52 Å². The lowest BCUT2D eigenvalue weighted by molar-refractivity contribution is 0.194. The molecule has 0 fully saturated rings. The van der Waals surface area contributed by atoms with Gasteiger partial charge in [0.05, 0.1) is 11.2 Å². The molecule has 3 rings (SSSR count). The van der Waals surface area contributed by atoms with E-state index >= 15 is 0 Å². The van der Waals surface area contributed by atoms with E-state index in [9.17, 15) is 4.79 Å². The van der Waals surface area contributed by atoms with Crippen molar-refractivity contribution in [2.45, 2.75) is 6.54 Å². The number of carbonyl (C=O) groups is 1. The Morgan fingerprint density at radius 1 is 1.15 bits per heavy atom. The Bertz CT molecular complexity index is 972. The summed E-state index contributed by atoms with van der Waals surface area (Å²) in [5.41, 5.74) is 4.59. The number of hydrogen-bond acceptors (Lipinski definition) is 4. The summed E-state index contributed by atoms with van der Waals surface area (Å²) in [5.74, 6) is 0. The van der Waals surface area contributed by atoms with Gasteiger partial charge in [-0.05, 0) is 29.8 Å². The highest BCUT2D eigenvalue weighted by Crippen LogP contribution is 2.34. The van der Waals surface area contributed by atoms with E-state index in [0.29, 0.717) is 21.1 Å². The second kappa shape index (κ2) is 7.35. The fourth-order valence-corrected chi connectivity index (χ4v) is 3.38. The summed E-state index contributed by atoms with van der Waals surface area (Å²) in [6.07, 6.45) is 2.26. The van der Waals surface area contributed by atoms with Gasteiger partial charge < -0.3 is 15.3 Å². The first-order valence-corrected chi connectivity index (χ1v) is 8.49. The van der Waals surface area contributed by atoms with E-state index in [2.05, 4.69) is 15.3 Å². The largest absolute Gasteiger partial charge is 0.465 e. The van der Waals surface area contributed by atoms with E-state index in [-0.39, 0.29) is 6.54 Å². The third kappa shape index (κ3) is 3.66. The highest BCUT2D eigenvalue weighted by molar-refractivity contribution is 6.35. The van der Waals surface area contributed by atoms with Crippen LogP contribution in [0.25, 0.3) is 22.2 Å². The van der Waals surface area contributed by atoms with Crippen molar-refractivity contribution in [1.82, 2.24) is 15.3 Å². The Morgan fingerprint density at radius 3 is 2.46 bits per heavy atom. The van der Waals surface area contributed by atoms with Gasteiger partial charge in [-0.2, -0.15) is 0 Å². The van der Waals surface area contributed by atoms with Crippen LogP contribution in [0.5, 0.6) is 0 Å². The number of hydrogen-bond donors (Lipinski definition) is 2. The first kappa shape index (κ1) is 18.2. The average molecular weight is 391 g/mol. The van der Waals surface area contributed by atoms with Gasteiger partial charge in [-0.3, -0.25) is 9.97 Å². The predicted octanol–water partition coefficient (Wildman–Crippen LogP) is 4.44. The number of nitrogens with one attached hydrogen (secondary N) is 1. The normalized spacial score (nSPS) is 10.8. The van der Waals surface area contributed by atoms with Crippen LogP contribution in [0.15, 0.2) is 36.7 Å². The molecule has 1 amide bonds. The van der Waals surface area contributed by atoms with E-state index < -0.39 is 6.09 Å². The molecule has 1 aromatic carbocycles. The molecule has 2 heterocycles. The fraction of sp³-hybridized carbons (Fsp3) is 0.167. The molecule has 0 spiro atoms. The molecular formula is C18H16Cl2N4O2.